The van der Waals surface area contributed by atoms with E-state index in [2.05, 4.69) is 5.32 Å². The molecule has 0 heterocycles. The Morgan fingerprint density at radius 1 is 1.07 bits per heavy atom. The first-order valence-corrected chi connectivity index (χ1v) is 10.2. The number of halogens is 1. The number of carbonyl (C=O) groups is 2. The molecule has 0 fully saturated rings. The summed E-state index contributed by atoms with van der Waals surface area (Å²) in [6.07, 6.45) is 1.03. The highest BCUT2D eigenvalue weighted by atomic mass is 32.2. The lowest BCUT2D eigenvalue weighted by atomic mass is 10.2. The Labute approximate surface area is 157 Å². The molecule has 6 nitrogen and oxygen atoms in total. The molecule has 1 N–H and O–H groups in total. The van der Waals surface area contributed by atoms with Crippen molar-refractivity contribution in [2.75, 3.05) is 19.3 Å². The van der Waals surface area contributed by atoms with E-state index < -0.39 is 21.7 Å². The Balaban J connectivity index is 2.07. The van der Waals surface area contributed by atoms with Crippen LogP contribution >= 0.6 is 0 Å². The van der Waals surface area contributed by atoms with Crippen molar-refractivity contribution < 1.29 is 22.4 Å². The highest BCUT2D eigenvalue weighted by molar-refractivity contribution is 7.90. The zero-order valence-electron chi connectivity index (χ0n) is 15.1. The van der Waals surface area contributed by atoms with Gasteiger partial charge in [-0.05, 0) is 36.8 Å². The third-order valence-corrected chi connectivity index (χ3v) is 5.08. The van der Waals surface area contributed by atoms with Crippen LogP contribution in [0.4, 0.5) is 4.39 Å². The van der Waals surface area contributed by atoms with Crippen LogP contribution < -0.4 is 5.32 Å². The van der Waals surface area contributed by atoms with E-state index in [0.29, 0.717) is 0 Å². The largest absolute Gasteiger partial charge is 0.350 e. The van der Waals surface area contributed by atoms with Crippen LogP contribution in [0, 0.1) is 5.82 Å². The number of sulfone groups is 1. The third-order valence-electron chi connectivity index (χ3n) is 3.92. The highest BCUT2D eigenvalue weighted by Crippen LogP contribution is 2.17. The first kappa shape index (κ1) is 20.6. The number of nitrogens with one attached hydrogen (secondary N) is 1. The molecule has 0 saturated carbocycles. The highest BCUT2D eigenvalue weighted by Gasteiger charge is 2.23. The lowest BCUT2D eigenvalue weighted by Crippen LogP contribution is -2.40. The summed E-state index contributed by atoms with van der Waals surface area (Å²) in [5, 5.41) is 2.66. The van der Waals surface area contributed by atoms with Gasteiger partial charge in [-0.1, -0.05) is 24.3 Å². The number of likely N-dealkylation sites (N-methyl/N-ethyl adjacent to an activating group) is 1. The van der Waals surface area contributed by atoms with Crippen LogP contribution in [-0.2, 0) is 21.2 Å². The first-order chi connectivity index (χ1) is 12.7. The number of hydrogen-bond donors (Lipinski definition) is 1. The van der Waals surface area contributed by atoms with Gasteiger partial charge in [0.15, 0.2) is 9.84 Å². The molecule has 0 unspecified atom stereocenters. The van der Waals surface area contributed by atoms with Crippen LogP contribution in [0.2, 0.25) is 0 Å². The van der Waals surface area contributed by atoms with E-state index in [0.717, 1.165) is 11.8 Å². The fourth-order valence-electron chi connectivity index (χ4n) is 2.50. The molecular formula is C19H21FN2O4S. The zero-order valence-corrected chi connectivity index (χ0v) is 15.9. The second-order valence-electron chi connectivity index (χ2n) is 5.99. The number of hydrogen-bond acceptors (Lipinski definition) is 4. The van der Waals surface area contributed by atoms with Crippen molar-refractivity contribution >= 4 is 21.7 Å². The summed E-state index contributed by atoms with van der Waals surface area (Å²) >= 11 is 0. The van der Waals surface area contributed by atoms with Gasteiger partial charge in [0.1, 0.15) is 5.82 Å². The molecule has 2 aromatic carbocycles. The maximum absolute atomic E-state index is 12.9. The molecule has 144 valence electrons. The maximum Gasteiger partial charge on any atom is 0.255 e. The molecule has 2 aromatic rings. The Kier molecular flexibility index (Phi) is 6.68. The van der Waals surface area contributed by atoms with Crippen LogP contribution in [-0.4, -0.2) is 44.5 Å². The Morgan fingerprint density at radius 2 is 1.70 bits per heavy atom. The van der Waals surface area contributed by atoms with Crippen LogP contribution in [0.1, 0.15) is 22.8 Å². The van der Waals surface area contributed by atoms with Crippen molar-refractivity contribution in [3.63, 3.8) is 0 Å². The van der Waals surface area contributed by atoms with E-state index in [1.165, 1.54) is 29.2 Å². The molecule has 0 radical (unpaired) electrons. The van der Waals surface area contributed by atoms with Crippen LogP contribution in [0.25, 0.3) is 0 Å². The second-order valence-corrected chi connectivity index (χ2v) is 7.98. The van der Waals surface area contributed by atoms with E-state index in [1.807, 2.05) is 0 Å². The fraction of sp³-hybridized carbons (Fsp3) is 0.263. The third kappa shape index (κ3) is 5.62. The van der Waals surface area contributed by atoms with Crippen LogP contribution in [0.15, 0.2) is 53.4 Å². The smallest absolute Gasteiger partial charge is 0.255 e. The maximum atomic E-state index is 12.9. The van der Waals surface area contributed by atoms with E-state index >= 15 is 0 Å². The molecule has 2 amide bonds. The van der Waals surface area contributed by atoms with Gasteiger partial charge in [-0.15, -0.1) is 0 Å². The summed E-state index contributed by atoms with van der Waals surface area (Å²) in [7, 11) is -3.58. The van der Waals surface area contributed by atoms with Gasteiger partial charge in [-0.3, -0.25) is 9.59 Å². The van der Waals surface area contributed by atoms with Gasteiger partial charge >= 0.3 is 0 Å². The molecule has 8 heteroatoms. The number of benzene rings is 2. The number of amides is 2. The fourth-order valence-corrected chi connectivity index (χ4v) is 3.38. The molecule has 0 aliphatic heterocycles. The minimum Gasteiger partial charge on any atom is -0.350 e. The van der Waals surface area contributed by atoms with Crippen molar-refractivity contribution in [2.24, 2.45) is 0 Å². The van der Waals surface area contributed by atoms with Crippen molar-refractivity contribution in [3.8, 4) is 0 Å². The predicted molar refractivity (Wildman–Crippen MR) is 99.4 cm³/mol. The Morgan fingerprint density at radius 3 is 2.30 bits per heavy atom. The Hall–Kier alpha value is -2.74. The average Bonchev–Trinajstić information content (AvgIpc) is 2.64. The van der Waals surface area contributed by atoms with E-state index in [1.54, 1.807) is 31.2 Å². The summed E-state index contributed by atoms with van der Waals surface area (Å²) in [6.45, 7) is 1.93. The summed E-state index contributed by atoms with van der Waals surface area (Å²) < 4.78 is 36.7. The SMILES string of the molecule is CCN(CC(=O)NCc1ccc(F)cc1)C(=O)c1ccccc1S(C)(=O)=O. The Bertz CT molecular complexity index is 927. The molecule has 27 heavy (non-hydrogen) atoms. The quantitative estimate of drug-likeness (QED) is 0.781. The minimum absolute atomic E-state index is 0.0354. The summed E-state index contributed by atoms with van der Waals surface area (Å²) in [6, 6.07) is 11.6. The van der Waals surface area contributed by atoms with Gasteiger partial charge in [0, 0.05) is 19.3 Å². The van der Waals surface area contributed by atoms with Crippen LogP contribution in [0.5, 0.6) is 0 Å². The van der Waals surface area contributed by atoms with Crippen molar-refractivity contribution in [1.29, 1.82) is 0 Å². The van der Waals surface area contributed by atoms with Crippen LogP contribution in [0.3, 0.4) is 0 Å². The standard InChI is InChI=1S/C19H21FN2O4S/c1-3-22(13-18(23)21-12-14-8-10-15(20)11-9-14)19(24)16-6-4-5-7-17(16)27(2,25)26/h4-11H,3,12-13H2,1-2H3,(H,21,23). The van der Waals surface area contributed by atoms with Gasteiger partial charge in [0.2, 0.25) is 5.91 Å². The topological polar surface area (TPSA) is 83.6 Å². The number of rotatable bonds is 7. The van der Waals surface area contributed by atoms with Gasteiger partial charge in [0.05, 0.1) is 17.0 Å². The monoisotopic (exact) mass is 392 g/mol. The molecule has 0 bridgehead atoms. The lowest BCUT2D eigenvalue weighted by molar-refractivity contribution is -0.121. The molecule has 0 spiro atoms. The molecule has 0 saturated heterocycles. The van der Waals surface area contributed by atoms with Gasteiger partial charge in [0.25, 0.3) is 5.91 Å². The molecule has 0 aliphatic carbocycles. The number of nitrogens with zero attached hydrogens (tertiary/aromatic N) is 1. The zero-order chi connectivity index (χ0) is 20.0. The molecule has 0 aliphatic rings. The molecular weight excluding hydrogens is 371 g/mol. The van der Waals surface area contributed by atoms with Crippen molar-refractivity contribution in [2.45, 2.75) is 18.4 Å². The molecule has 0 atom stereocenters. The summed E-state index contributed by atoms with van der Waals surface area (Å²) in [5.74, 6) is -1.29. The number of carbonyl (C=O) groups excluding carboxylic acids is 2. The van der Waals surface area contributed by atoms with E-state index in [-0.39, 0.29) is 35.9 Å². The lowest BCUT2D eigenvalue weighted by Gasteiger charge is -2.21. The molecule has 0 aromatic heterocycles. The normalized spacial score (nSPS) is 11.1. The van der Waals surface area contributed by atoms with E-state index in [9.17, 15) is 22.4 Å². The van der Waals surface area contributed by atoms with Gasteiger partial charge in [-0.25, -0.2) is 12.8 Å². The molecule has 2 rings (SSSR count). The summed E-state index contributed by atoms with van der Waals surface area (Å²) in [5.41, 5.74) is 0.759. The summed E-state index contributed by atoms with van der Waals surface area (Å²) in [4.78, 5) is 26.1. The van der Waals surface area contributed by atoms with Crippen molar-refractivity contribution in [3.05, 3.63) is 65.5 Å². The predicted octanol–water partition coefficient (Wildman–Crippen LogP) is 2.01. The van der Waals surface area contributed by atoms with Crippen molar-refractivity contribution in [1.82, 2.24) is 10.2 Å². The van der Waals surface area contributed by atoms with E-state index in [4.69, 9.17) is 0 Å². The van der Waals surface area contributed by atoms with Gasteiger partial charge in [-0.2, -0.15) is 0 Å². The minimum atomic E-state index is -3.58. The average molecular weight is 392 g/mol. The van der Waals surface area contributed by atoms with Gasteiger partial charge < -0.3 is 10.2 Å². The second kappa shape index (κ2) is 8.77. The first-order valence-electron chi connectivity index (χ1n) is 8.32.